The van der Waals surface area contributed by atoms with Gasteiger partial charge in [-0.05, 0) is 47.3 Å². The van der Waals surface area contributed by atoms with E-state index in [1.165, 1.54) is 16.5 Å². The molecule has 0 saturated carbocycles. The second-order valence-electron chi connectivity index (χ2n) is 6.84. The second kappa shape index (κ2) is 7.66. The van der Waals surface area contributed by atoms with Crippen molar-refractivity contribution < 1.29 is 10.0 Å². The molecule has 0 aliphatic heterocycles. The fraction of sp³-hybridized carbons (Fsp3) is 0.167. The zero-order valence-corrected chi connectivity index (χ0v) is 16.3. The van der Waals surface area contributed by atoms with Gasteiger partial charge < -0.3 is 14.6 Å². The molecule has 2 N–H and O–H groups in total. The van der Waals surface area contributed by atoms with Crippen LogP contribution in [-0.2, 0) is 6.42 Å². The van der Waals surface area contributed by atoms with Gasteiger partial charge in [-0.25, -0.2) is 0 Å². The third kappa shape index (κ3) is 3.05. The van der Waals surface area contributed by atoms with E-state index in [-0.39, 0.29) is 0 Å². The van der Waals surface area contributed by atoms with Crippen LogP contribution in [0.3, 0.4) is 0 Å². The molecular formula is C24H24BNO2. The first-order valence-corrected chi connectivity index (χ1v) is 9.90. The Hall–Kier alpha value is -2.82. The van der Waals surface area contributed by atoms with E-state index in [4.69, 9.17) is 0 Å². The topological polar surface area (TPSA) is 45.4 Å². The predicted octanol–water partition coefficient (Wildman–Crippen LogP) is 5.15. The van der Waals surface area contributed by atoms with E-state index >= 15 is 0 Å². The van der Waals surface area contributed by atoms with Gasteiger partial charge in [-0.15, -0.1) is 0 Å². The fourth-order valence-corrected chi connectivity index (χ4v) is 4.06. The molecule has 0 bridgehead atoms. The molecule has 4 aromatic rings. The van der Waals surface area contributed by atoms with Crippen molar-refractivity contribution in [1.82, 2.24) is 4.57 Å². The number of allylic oxidation sites excluding steroid dienone is 1. The van der Waals surface area contributed by atoms with Gasteiger partial charge in [0.05, 0.1) is 5.52 Å². The monoisotopic (exact) mass is 369 g/mol. The van der Waals surface area contributed by atoms with Gasteiger partial charge in [0.15, 0.2) is 0 Å². The highest BCUT2D eigenvalue weighted by atomic mass is 16.4. The lowest BCUT2D eigenvalue weighted by molar-refractivity contribution is 0.416. The Morgan fingerprint density at radius 2 is 1.54 bits per heavy atom. The maximum Gasteiger partial charge on any atom is 0.484 e. The molecule has 3 nitrogen and oxygen atoms in total. The number of hydrogen-bond donors (Lipinski definition) is 2. The average molecular weight is 369 g/mol. The van der Waals surface area contributed by atoms with Crippen LogP contribution in [0.5, 0.6) is 0 Å². The van der Waals surface area contributed by atoms with Crippen molar-refractivity contribution in [2.45, 2.75) is 26.7 Å². The van der Waals surface area contributed by atoms with Crippen LogP contribution in [-0.4, -0.2) is 21.7 Å². The molecule has 140 valence electrons. The highest BCUT2D eigenvalue weighted by Gasteiger charge is 2.25. The van der Waals surface area contributed by atoms with Gasteiger partial charge in [-0.3, -0.25) is 0 Å². The molecule has 0 atom stereocenters. The molecule has 0 saturated heterocycles. The van der Waals surface area contributed by atoms with Crippen LogP contribution in [0.25, 0.3) is 33.4 Å². The third-order valence-electron chi connectivity index (χ3n) is 5.32. The molecule has 0 radical (unpaired) electrons. The van der Waals surface area contributed by atoms with Crippen molar-refractivity contribution in [3.8, 4) is 5.69 Å². The lowest BCUT2D eigenvalue weighted by atomic mass is 9.73. The molecule has 1 aliphatic carbocycles. The van der Waals surface area contributed by atoms with Crippen LogP contribution in [0, 0.1) is 0 Å². The Kier molecular flexibility index (Phi) is 5.08. The Bertz CT molecular complexity index is 1170. The Morgan fingerprint density at radius 1 is 0.821 bits per heavy atom. The summed E-state index contributed by atoms with van der Waals surface area (Å²) in [6.07, 6.45) is 3.40. The van der Waals surface area contributed by atoms with E-state index in [2.05, 4.69) is 65.2 Å². The lowest BCUT2D eigenvalue weighted by Gasteiger charge is -2.17. The van der Waals surface area contributed by atoms with Crippen LogP contribution in [0.1, 0.15) is 31.5 Å². The summed E-state index contributed by atoms with van der Waals surface area (Å²) in [5.74, 6) is 0. The highest BCUT2D eigenvalue weighted by molar-refractivity contribution is 6.52. The van der Waals surface area contributed by atoms with E-state index in [0.717, 1.165) is 28.6 Å². The number of nitrogens with zero attached hydrogens (tertiary/aromatic N) is 1. The average Bonchev–Trinajstić information content (AvgIpc) is 3.08. The third-order valence-corrected chi connectivity index (χ3v) is 5.32. The molecule has 0 amide bonds. The highest BCUT2D eigenvalue weighted by Crippen LogP contribution is 2.36. The van der Waals surface area contributed by atoms with Gasteiger partial charge in [-0.2, -0.15) is 0 Å². The molecule has 0 spiro atoms. The van der Waals surface area contributed by atoms with Gasteiger partial charge in [-0.1, -0.05) is 68.5 Å². The normalized spacial score (nSPS) is 12.9. The summed E-state index contributed by atoms with van der Waals surface area (Å²) in [6, 6.07) is 23.2. The zero-order valence-electron chi connectivity index (χ0n) is 16.3. The summed E-state index contributed by atoms with van der Waals surface area (Å²) in [7, 11) is -1.38. The first-order chi connectivity index (χ1) is 13.7. The Balaban J connectivity index is 0.000000932. The lowest BCUT2D eigenvalue weighted by Crippen LogP contribution is -2.18. The van der Waals surface area contributed by atoms with Crippen LogP contribution in [0.4, 0.5) is 0 Å². The molecule has 28 heavy (non-hydrogen) atoms. The van der Waals surface area contributed by atoms with Crippen LogP contribution >= 0.6 is 0 Å². The molecule has 1 aliphatic rings. The number of benzene rings is 3. The van der Waals surface area contributed by atoms with Crippen molar-refractivity contribution in [3.63, 3.8) is 0 Å². The molecule has 1 aromatic heterocycles. The van der Waals surface area contributed by atoms with E-state index in [0.29, 0.717) is 11.9 Å². The van der Waals surface area contributed by atoms with Crippen molar-refractivity contribution in [1.29, 1.82) is 0 Å². The molecule has 0 fully saturated rings. The SMILES string of the molecule is CC.OB(O)C1=Cc2c(n(-c3ccc4ccccc4c3)c3ccccc23)CC1. The van der Waals surface area contributed by atoms with Crippen LogP contribution < -0.4 is 0 Å². The Labute approximate surface area is 165 Å². The van der Waals surface area contributed by atoms with Crippen molar-refractivity contribution >= 4 is 34.9 Å². The maximum atomic E-state index is 9.60. The molecule has 0 unspecified atom stereocenters. The Morgan fingerprint density at radius 3 is 2.32 bits per heavy atom. The minimum Gasteiger partial charge on any atom is -0.423 e. The maximum absolute atomic E-state index is 9.60. The standard InChI is InChI=1S/C22H18BNO2.C2H6/c25-23(26)17-10-12-22-20(14-17)19-7-3-4-8-21(19)24(22)18-11-9-15-5-1-2-6-16(15)13-18;1-2/h1-9,11,13-14,25-26H,10,12H2;1-2H3. The van der Waals surface area contributed by atoms with E-state index < -0.39 is 7.12 Å². The van der Waals surface area contributed by atoms with E-state index in [9.17, 15) is 10.0 Å². The minimum absolute atomic E-state index is 0.661. The number of aromatic nitrogens is 1. The molecule has 3 aromatic carbocycles. The fourth-order valence-electron chi connectivity index (χ4n) is 4.06. The smallest absolute Gasteiger partial charge is 0.423 e. The van der Waals surface area contributed by atoms with Gasteiger partial charge in [0.25, 0.3) is 0 Å². The summed E-state index contributed by atoms with van der Waals surface area (Å²) in [6.45, 7) is 4.00. The number of para-hydroxylation sites is 1. The number of hydrogen-bond acceptors (Lipinski definition) is 2. The zero-order chi connectivity index (χ0) is 19.7. The summed E-state index contributed by atoms with van der Waals surface area (Å²) < 4.78 is 2.31. The minimum atomic E-state index is -1.38. The summed E-state index contributed by atoms with van der Waals surface area (Å²) in [4.78, 5) is 0. The van der Waals surface area contributed by atoms with Crippen molar-refractivity contribution in [2.24, 2.45) is 0 Å². The van der Waals surface area contributed by atoms with Gasteiger partial charge >= 0.3 is 7.12 Å². The number of rotatable bonds is 2. The summed E-state index contributed by atoms with van der Waals surface area (Å²) in [5.41, 5.74) is 5.30. The molecule has 1 heterocycles. The van der Waals surface area contributed by atoms with Crippen LogP contribution in [0.2, 0.25) is 0 Å². The molecule has 5 rings (SSSR count). The predicted molar refractivity (Wildman–Crippen MR) is 119 cm³/mol. The second-order valence-corrected chi connectivity index (χ2v) is 6.84. The van der Waals surface area contributed by atoms with Crippen molar-refractivity contribution in [3.05, 3.63) is 83.5 Å². The quantitative estimate of drug-likeness (QED) is 0.480. The van der Waals surface area contributed by atoms with Gasteiger partial charge in [0, 0.05) is 22.3 Å². The molecular weight excluding hydrogens is 345 g/mol. The largest absolute Gasteiger partial charge is 0.484 e. The number of fused-ring (bicyclic) bond motifs is 4. The summed E-state index contributed by atoms with van der Waals surface area (Å²) in [5, 5.41) is 22.8. The molecule has 4 heteroatoms. The summed E-state index contributed by atoms with van der Waals surface area (Å²) >= 11 is 0. The van der Waals surface area contributed by atoms with Crippen molar-refractivity contribution in [2.75, 3.05) is 0 Å². The first-order valence-electron chi connectivity index (χ1n) is 9.90. The van der Waals surface area contributed by atoms with Gasteiger partial charge in [0.1, 0.15) is 0 Å². The van der Waals surface area contributed by atoms with Crippen LogP contribution in [0.15, 0.2) is 72.2 Å². The van der Waals surface area contributed by atoms with E-state index in [1.54, 1.807) is 0 Å². The van der Waals surface area contributed by atoms with E-state index in [1.807, 2.05) is 26.0 Å². The van der Waals surface area contributed by atoms with Gasteiger partial charge in [0.2, 0.25) is 0 Å². The first kappa shape index (κ1) is 18.5.